The first-order valence-electron chi connectivity index (χ1n) is 12.2. The molecule has 0 aliphatic heterocycles. The van der Waals surface area contributed by atoms with Gasteiger partial charge in [0.05, 0.1) is 34.2 Å². The quantitative estimate of drug-likeness (QED) is 0.212. The molecule has 0 saturated heterocycles. The van der Waals surface area contributed by atoms with Crippen LogP contribution in [0.15, 0.2) is 53.3 Å². The molecule has 1 aromatic carbocycles. The molecule has 0 radical (unpaired) electrons. The van der Waals surface area contributed by atoms with Crippen molar-refractivity contribution in [3.63, 3.8) is 0 Å². The lowest BCUT2D eigenvalue weighted by Crippen LogP contribution is -2.49. The Morgan fingerprint density at radius 1 is 1.02 bits per heavy atom. The fourth-order valence-corrected chi connectivity index (χ4v) is 3.70. The first-order valence-corrected chi connectivity index (χ1v) is 12.6. The molecular formula is C27H29ClN6O6. The lowest BCUT2D eigenvalue weighted by Gasteiger charge is -2.28. The van der Waals surface area contributed by atoms with Crippen molar-refractivity contribution in [2.45, 2.75) is 45.8 Å². The van der Waals surface area contributed by atoms with E-state index in [1.54, 1.807) is 71.0 Å². The van der Waals surface area contributed by atoms with E-state index in [-0.39, 0.29) is 12.4 Å². The van der Waals surface area contributed by atoms with Gasteiger partial charge in [-0.2, -0.15) is 0 Å². The lowest BCUT2D eigenvalue weighted by molar-refractivity contribution is 0.0417. The Balaban J connectivity index is 1.41. The minimum absolute atomic E-state index is 0.104. The maximum atomic E-state index is 12.4. The van der Waals surface area contributed by atoms with Crippen molar-refractivity contribution < 1.29 is 28.3 Å². The third kappa shape index (κ3) is 7.50. The number of anilines is 2. The van der Waals surface area contributed by atoms with Crippen LogP contribution in [0.3, 0.4) is 0 Å². The molecule has 3 aromatic heterocycles. The highest BCUT2D eigenvalue weighted by Gasteiger charge is 2.26. The predicted octanol–water partition coefficient (Wildman–Crippen LogP) is 5.98. The number of aromatic amines is 1. The molecule has 3 amide bonds. The lowest BCUT2D eigenvalue weighted by atomic mass is 10.1. The monoisotopic (exact) mass is 568 g/mol. The number of amides is 3. The molecule has 40 heavy (non-hydrogen) atoms. The van der Waals surface area contributed by atoms with Crippen molar-refractivity contribution in [1.29, 1.82) is 0 Å². The summed E-state index contributed by atoms with van der Waals surface area (Å²) in [5.74, 6) is 0.179. The second kappa shape index (κ2) is 11.3. The van der Waals surface area contributed by atoms with Gasteiger partial charge in [0.25, 0.3) is 5.91 Å². The highest BCUT2D eigenvalue weighted by Crippen LogP contribution is 2.30. The number of alkyl carbamates (subject to hydrolysis) is 1. The number of furan rings is 1. The van der Waals surface area contributed by atoms with Crippen LogP contribution in [0.25, 0.3) is 22.6 Å². The first kappa shape index (κ1) is 28.4. The number of fused-ring (bicyclic) bond motifs is 1. The van der Waals surface area contributed by atoms with E-state index in [9.17, 15) is 14.4 Å². The van der Waals surface area contributed by atoms with Gasteiger partial charge in [0.15, 0.2) is 11.4 Å². The molecule has 0 saturated carbocycles. The number of H-pyrrole nitrogens is 1. The SMILES string of the molecule is CC(C)(COC(=O)Nc1cnc2nc(-c3cc(NC(=O)c4ccco4)ccc3Cl)[nH]c2c1)NC(=O)OC(C)(C)C. The largest absolute Gasteiger partial charge is 0.459 e. The van der Waals surface area contributed by atoms with E-state index in [1.807, 2.05) is 0 Å². The van der Waals surface area contributed by atoms with Crippen molar-refractivity contribution in [2.24, 2.45) is 0 Å². The molecule has 0 bridgehead atoms. The summed E-state index contributed by atoms with van der Waals surface area (Å²) in [5.41, 5.74) is 0.774. The summed E-state index contributed by atoms with van der Waals surface area (Å²) >= 11 is 6.41. The minimum Gasteiger partial charge on any atom is -0.459 e. The number of pyridine rings is 1. The molecule has 0 unspecified atom stereocenters. The summed E-state index contributed by atoms with van der Waals surface area (Å²) in [6.45, 7) is 8.57. The highest BCUT2D eigenvalue weighted by molar-refractivity contribution is 6.33. The number of carbonyl (C=O) groups excluding carboxylic acids is 3. The Morgan fingerprint density at radius 2 is 1.80 bits per heavy atom. The summed E-state index contributed by atoms with van der Waals surface area (Å²) in [5, 5.41) is 8.43. The molecule has 12 nitrogen and oxygen atoms in total. The van der Waals surface area contributed by atoms with Crippen molar-refractivity contribution in [3.8, 4) is 11.4 Å². The van der Waals surface area contributed by atoms with Gasteiger partial charge in [0.1, 0.15) is 18.0 Å². The number of ether oxygens (including phenoxy) is 2. The second-order valence-corrected chi connectivity index (χ2v) is 10.9. The molecule has 0 atom stereocenters. The number of hydrogen-bond acceptors (Lipinski definition) is 8. The van der Waals surface area contributed by atoms with E-state index in [0.29, 0.717) is 38.9 Å². The number of rotatable bonds is 7. The Kier molecular flexibility index (Phi) is 8.01. The Labute approximate surface area is 234 Å². The van der Waals surface area contributed by atoms with Gasteiger partial charge in [-0.15, -0.1) is 0 Å². The van der Waals surface area contributed by atoms with Gasteiger partial charge in [0, 0.05) is 11.3 Å². The Morgan fingerprint density at radius 3 is 2.50 bits per heavy atom. The average molecular weight is 569 g/mol. The van der Waals surface area contributed by atoms with E-state index >= 15 is 0 Å². The zero-order valence-corrected chi connectivity index (χ0v) is 23.3. The molecule has 210 valence electrons. The topological polar surface area (TPSA) is 160 Å². The van der Waals surface area contributed by atoms with Crippen molar-refractivity contribution >= 4 is 52.2 Å². The summed E-state index contributed by atoms with van der Waals surface area (Å²) in [7, 11) is 0. The summed E-state index contributed by atoms with van der Waals surface area (Å²) in [6.07, 6.45) is 1.50. The Bertz CT molecular complexity index is 1540. The molecule has 4 N–H and O–H groups in total. The molecule has 0 fully saturated rings. The van der Waals surface area contributed by atoms with E-state index in [2.05, 4.69) is 30.9 Å². The zero-order valence-electron chi connectivity index (χ0n) is 22.5. The van der Waals surface area contributed by atoms with Gasteiger partial charge in [-0.1, -0.05) is 11.6 Å². The number of halogens is 1. The molecule has 0 spiro atoms. The molecule has 4 aromatic rings. The van der Waals surface area contributed by atoms with Crippen LogP contribution in [0.5, 0.6) is 0 Å². The Hall–Kier alpha value is -4.58. The van der Waals surface area contributed by atoms with Crippen molar-refractivity contribution in [3.05, 3.63) is 59.6 Å². The molecule has 3 heterocycles. The van der Waals surface area contributed by atoms with Crippen LogP contribution >= 0.6 is 11.6 Å². The van der Waals surface area contributed by atoms with Crippen LogP contribution in [-0.4, -0.2) is 50.8 Å². The number of benzene rings is 1. The van der Waals surface area contributed by atoms with E-state index in [0.717, 1.165) is 0 Å². The van der Waals surface area contributed by atoms with Gasteiger partial charge in [-0.05, 0) is 71.0 Å². The predicted molar refractivity (Wildman–Crippen MR) is 149 cm³/mol. The van der Waals surface area contributed by atoms with Gasteiger partial charge in [-0.25, -0.2) is 19.6 Å². The maximum absolute atomic E-state index is 12.4. The summed E-state index contributed by atoms with van der Waals surface area (Å²) in [6, 6.07) is 9.78. The normalized spacial score (nSPS) is 11.7. The summed E-state index contributed by atoms with van der Waals surface area (Å²) < 4.78 is 15.6. The minimum atomic E-state index is -0.870. The standard InChI is InChI=1S/C27H29ClN6O6/c1-26(2,3)40-25(37)34-27(4,5)14-39-24(36)31-16-12-19-22(29-13-16)33-21(32-19)17-11-15(8-9-18(17)28)30-23(35)20-7-6-10-38-20/h6-13H,14H2,1-5H3,(H,30,35)(H,31,36)(H,34,37)(H,29,32,33). The van der Waals surface area contributed by atoms with Gasteiger partial charge >= 0.3 is 12.2 Å². The van der Waals surface area contributed by atoms with Crippen LogP contribution < -0.4 is 16.0 Å². The number of aromatic nitrogens is 3. The average Bonchev–Trinajstić information content (AvgIpc) is 3.52. The van der Waals surface area contributed by atoms with Gasteiger partial charge in [0.2, 0.25) is 0 Å². The summed E-state index contributed by atoms with van der Waals surface area (Å²) in [4.78, 5) is 48.7. The van der Waals surface area contributed by atoms with Crippen LogP contribution in [0.1, 0.15) is 45.2 Å². The third-order valence-corrected chi connectivity index (χ3v) is 5.54. The van der Waals surface area contributed by atoms with E-state index in [1.165, 1.54) is 12.5 Å². The zero-order chi connectivity index (χ0) is 29.1. The molecule has 13 heteroatoms. The smallest absolute Gasteiger partial charge is 0.411 e. The fraction of sp³-hybridized carbons (Fsp3) is 0.296. The number of imidazole rings is 1. The van der Waals surface area contributed by atoms with Crippen LogP contribution in [0, 0.1) is 0 Å². The maximum Gasteiger partial charge on any atom is 0.411 e. The first-order chi connectivity index (χ1) is 18.8. The highest BCUT2D eigenvalue weighted by atomic mass is 35.5. The van der Waals surface area contributed by atoms with Gasteiger partial charge in [-0.3, -0.25) is 10.1 Å². The fourth-order valence-electron chi connectivity index (χ4n) is 3.50. The third-order valence-electron chi connectivity index (χ3n) is 5.21. The van der Waals surface area contributed by atoms with Crippen LogP contribution in [0.2, 0.25) is 5.02 Å². The van der Waals surface area contributed by atoms with E-state index < -0.39 is 29.2 Å². The number of nitrogens with one attached hydrogen (secondary N) is 4. The number of nitrogens with zero attached hydrogens (tertiary/aromatic N) is 2. The molecule has 0 aliphatic carbocycles. The van der Waals surface area contributed by atoms with E-state index in [4.69, 9.17) is 25.5 Å². The second-order valence-electron chi connectivity index (χ2n) is 10.5. The molecule has 4 rings (SSSR count). The molecule has 0 aliphatic rings. The van der Waals surface area contributed by atoms with Crippen molar-refractivity contribution in [1.82, 2.24) is 20.3 Å². The van der Waals surface area contributed by atoms with Crippen LogP contribution in [-0.2, 0) is 9.47 Å². The number of hydrogen-bond donors (Lipinski definition) is 4. The number of carbonyl (C=O) groups is 3. The van der Waals surface area contributed by atoms with Gasteiger partial charge < -0.3 is 29.5 Å². The van der Waals surface area contributed by atoms with Crippen LogP contribution in [0.4, 0.5) is 21.0 Å². The molecular weight excluding hydrogens is 540 g/mol. The van der Waals surface area contributed by atoms with Crippen molar-refractivity contribution in [2.75, 3.05) is 17.2 Å².